The van der Waals surface area contributed by atoms with Gasteiger partial charge in [0, 0.05) is 35.7 Å². The average molecular weight is 473 g/mol. The summed E-state index contributed by atoms with van der Waals surface area (Å²) < 4.78 is 20.5. The lowest BCUT2D eigenvalue weighted by atomic mass is 10.0. The smallest absolute Gasteiger partial charge is 0.159 e. The third-order valence-corrected chi connectivity index (χ3v) is 6.01. The van der Waals surface area contributed by atoms with Crippen molar-refractivity contribution in [1.82, 2.24) is 9.97 Å². The zero-order valence-electron chi connectivity index (χ0n) is 21.1. The fraction of sp³-hybridized carbons (Fsp3) is 0.355. The number of benzene rings is 2. The molecule has 0 aliphatic rings. The van der Waals surface area contributed by atoms with Crippen molar-refractivity contribution in [2.24, 2.45) is 0 Å². The van der Waals surface area contributed by atoms with Crippen LogP contribution >= 0.6 is 0 Å². The minimum absolute atomic E-state index is 0.267. The second-order valence-electron chi connectivity index (χ2n) is 8.94. The molecule has 0 N–H and O–H groups in total. The van der Waals surface area contributed by atoms with E-state index in [4.69, 9.17) is 4.74 Å². The molecule has 3 aromatic rings. The van der Waals surface area contributed by atoms with Gasteiger partial charge in [-0.1, -0.05) is 74.4 Å². The van der Waals surface area contributed by atoms with E-state index in [0.717, 1.165) is 49.8 Å². The molecule has 3 nitrogen and oxygen atoms in total. The summed E-state index contributed by atoms with van der Waals surface area (Å²) in [5.74, 6) is 0.247. The fourth-order valence-electron chi connectivity index (χ4n) is 3.88. The van der Waals surface area contributed by atoms with E-state index in [1.807, 2.05) is 24.3 Å². The van der Waals surface area contributed by atoms with Gasteiger partial charge in [0.1, 0.15) is 5.82 Å². The van der Waals surface area contributed by atoms with Gasteiger partial charge in [0.05, 0.1) is 6.10 Å². The van der Waals surface area contributed by atoms with E-state index in [-0.39, 0.29) is 11.9 Å². The average Bonchev–Trinajstić information content (AvgIpc) is 2.88. The van der Waals surface area contributed by atoms with Crippen molar-refractivity contribution in [3.8, 4) is 22.5 Å². The first-order valence-electron chi connectivity index (χ1n) is 12.7. The first-order chi connectivity index (χ1) is 17.1. The molecular formula is C31H37FN2O. The molecule has 0 bridgehead atoms. The molecule has 1 aromatic heterocycles. The molecule has 1 atom stereocenters. The molecule has 1 unspecified atom stereocenters. The Morgan fingerprint density at radius 2 is 1.71 bits per heavy atom. The van der Waals surface area contributed by atoms with Gasteiger partial charge in [0.15, 0.2) is 5.82 Å². The standard InChI is InChI=1S/C31H37FN2O/c1-4-6-10-20-35-24(3)12-8-7-9-13-27-18-19-28(21-30(27)32)31-33-22-29(23-34-31)26-16-14-25(11-5-2)15-17-26/h5,9,13-19,21-24H,2,4,6-8,10-12,20H2,1,3H3. The molecule has 0 spiro atoms. The summed E-state index contributed by atoms with van der Waals surface area (Å²) in [6.45, 7) is 8.94. The first kappa shape index (κ1) is 26.5. The molecule has 0 aliphatic heterocycles. The number of nitrogens with zero attached hydrogens (tertiary/aromatic N) is 2. The Hall–Kier alpha value is -3.11. The van der Waals surface area contributed by atoms with E-state index in [1.165, 1.54) is 24.5 Å². The van der Waals surface area contributed by atoms with Gasteiger partial charge in [-0.15, -0.1) is 6.58 Å². The van der Waals surface area contributed by atoms with Crippen LogP contribution in [0.25, 0.3) is 28.6 Å². The summed E-state index contributed by atoms with van der Waals surface area (Å²) in [4.78, 5) is 8.93. The molecule has 35 heavy (non-hydrogen) atoms. The number of rotatable bonds is 14. The van der Waals surface area contributed by atoms with E-state index in [9.17, 15) is 4.39 Å². The third kappa shape index (κ3) is 8.56. The topological polar surface area (TPSA) is 35.0 Å². The van der Waals surface area contributed by atoms with Gasteiger partial charge in [-0.3, -0.25) is 0 Å². The SMILES string of the molecule is C=CCc1ccc(-c2cnc(-c3ccc(C=CCCCC(C)OCCCCC)c(F)c3)nc2)cc1. The first-order valence-corrected chi connectivity index (χ1v) is 12.7. The minimum Gasteiger partial charge on any atom is -0.379 e. The molecule has 4 heteroatoms. The van der Waals surface area contributed by atoms with Crippen molar-refractivity contribution in [3.05, 3.63) is 90.5 Å². The largest absolute Gasteiger partial charge is 0.379 e. The van der Waals surface area contributed by atoms with E-state index in [2.05, 4.69) is 54.7 Å². The molecule has 184 valence electrons. The number of hydrogen-bond donors (Lipinski definition) is 0. The van der Waals surface area contributed by atoms with Crippen molar-refractivity contribution in [3.63, 3.8) is 0 Å². The second kappa shape index (κ2) is 14.3. The molecule has 0 amide bonds. The Bertz CT molecular complexity index is 1070. The molecule has 0 saturated carbocycles. The maximum Gasteiger partial charge on any atom is 0.159 e. The van der Waals surface area contributed by atoms with Crippen molar-refractivity contribution in [1.29, 1.82) is 0 Å². The van der Waals surface area contributed by atoms with Crippen molar-refractivity contribution >= 4 is 6.08 Å². The number of ether oxygens (including phenoxy) is 1. The summed E-state index contributed by atoms with van der Waals surface area (Å²) in [6, 6.07) is 13.4. The van der Waals surface area contributed by atoms with Crippen LogP contribution < -0.4 is 0 Å². The lowest BCUT2D eigenvalue weighted by Crippen LogP contribution is -2.08. The number of aromatic nitrogens is 2. The highest BCUT2D eigenvalue weighted by atomic mass is 19.1. The summed E-state index contributed by atoms with van der Waals surface area (Å²) in [5.41, 5.74) is 4.44. The van der Waals surface area contributed by atoms with Crippen LogP contribution in [-0.4, -0.2) is 22.7 Å². The van der Waals surface area contributed by atoms with Crippen molar-refractivity contribution in [2.45, 2.75) is 64.9 Å². The highest BCUT2D eigenvalue weighted by Gasteiger charge is 2.07. The Morgan fingerprint density at radius 1 is 0.971 bits per heavy atom. The van der Waals surface area contributed by atoms with Gasteiger partial charge in [0.2, 0.25) is 0 Å². The molecule has 3 rings (SSSR count). The van der Waals surface area contributed by atoms with Crippen molar-refractivity contribution in [2.75, 3.05) is 6.61 Å². The highest BCUT2D eigenvalue weighted by Crippen LogP contribution is 2.23. The van der Waals surface area contributed by atoms with Crippen LogP contribution in [0.5, 0.6) is 0 Å². The zero-order valence-corrected chi connectivity index (χ0v) is 21.1. The number of allylic oxidation sites excluding steroid dienone is 2. The summed E-state index contributed by atoms with van der Waals surface area (Å²) in [6.07, 6.45) is 17.0. The third-order valence-electron chi connectivity index (χ3n) is 6.01. The molecule has 0 fully saturated rings. The summed E-state index contributed by atoms with van der Waals surface area (Å²) >= 11 is 0. The maximum absolute atomic E-state index is 14.7. The minimum atomic E-state index is -0.267. The van der Waals surface area contributed by atoms with E-state index >= 15 is 0 Å². The van der Waals surface area contributed by atoms with Gasteiger partial charge in [-0.25, -0.2) is 14.4 Å². The lowest BCUT2D eigenvalue weighted by molar-refractivity contribution is 0.0566. The van der Waals surface area contributed by atoms with Crippen molar-refractivity contribution < 1.29 is 9.13 Å². The van der Waals surface area contributed by atoms with Crippen LogP contribution in [-0.2, 0) is 11.2 Å². The zero-order chi connectivity index (χ0) is 24.9. The predicted molar refractivity (Wildman–Crippen MR) is 145 cm³/mol. The molecule has 0 saturated heterocycles. The van der Waals surface area contributed by atoms with Crippen LogP contribution in [0.2, 0.25) is 0 Å². The molecular weight excluding hydrogens is 435 g/mol. The predicted octanol–water partition coefficient (Wildman–Crippen LogP) is 8.46. The van der Waals surface area contributed by atoms with Crippen LogP contribution in [0.4, 0.5) is 4.39 Å². The summed E-state index contributed by atoms with van der Waals surface area (Å²) in [7, 11) is 0. The monoisotopic (exact) mass is 472 g/mol. The van der Waals surface area contributed by atoms with Crippen LogP contribution in [0.15, 0.2) is 73.6 Å². The molecule has 0 radical (unpaired) electrons. The number of hydrogen-bond acceptors (Lipinski definition) is 3. The van der Waals surface area contributed by atoms with E-state index in [0.29, 0.717) is 17.0 Å². The van der Waals surface area contributed by atoms with Crippen LogP contribution in [0, 0.1) is 5.82 Å². The normalized spacial score (nSPS) is 12.2. The number of unbranched alkanes of at least 4 members (excludes halogenated alkanes) is 3. The Labute approximate surface area is 209 Å². The highest BCUT2D eigenvalue weighted by molar-refractivity contribution is 5.65. The Kier molecular flexibility index (Phi) is 10.8. The lowest BCUT2D eigenvalue weighted by Gasteiger charge is -2.12. The van der Waals surface area contributed by atoms with E-state index in [1.54, 1.807) is 18.5 Å². The second-order valence-corrected chi connectivity index (χ2v) is 8.94. The van der Waals surface area contributed by atoms with E-state index < -0.39 is 0 Å². The van der Waals surface area contributed by atoms with Gasteiger partial charge in [-0.05, 0) is 56.2 Å². The quantitative estimate of drug-likeness (QED) is 0.174. The molecule has 2 aromatic carbocycles. The van der Waals surface area contributed by atoms with Gasteiger partial charge in [0.25, 0.3) is 0 Å². The molecule has 1 heterocycles. The van der Waals surface area contributed by atoms with Gasteiger partial charge >= 0.3 is 0 Å². The molecule has 0 aliphatic carbocycles. The fourth-order valence-corrected chi connectivity index (χ4v) is 3.88. The Balaban J connectivity index is 1.51. The number of halogens is 1. The maximum atomic E-state index is 14.7. The van der Waals surface area contributed by atoms with Crippen LogP contribution in [0.3, 0.4) is 0 Å². The van der Waals surface area contributed by atoms with Gasteiger partial charge < -0.3 is 4.74 Å². The summed E-state index contributed by atoms with van der Waals surface area (Å²) in [5, 5.41) is 0. The Morgan fingerprint density at radius 3 is 2.40 bits per heavy atom. The van der Waals surface area contributed by atoms with Gasteiger partial charge in [-0.2, -0.15) is 0 Å². The van der Waals surface area contributed by atoms with Crippen LogP contribution in [0.1, 0.15) is 63.5 Å².